The van der Waals surface area contributed by atoms with Crippen molar-refractivity contribution in [1.29, 1.82) is 0 Å². The highest BCUT2D eigenvalue weighted by molar-refractivity contribution is 5.62. The third kappa shape index (κ3) is 5.13. The van der Waals surface area contributed by atoms with Crippen LogP contribution in [0, 0.1) is 6.92 Å². The van der Waals surface area contributed by atoms with Crippen LogP contribution < -0.4 is 25.0 Å². The van der Waals surface area contributed by atoms with Crippen molar-refractivity contribution in [3.63, 3.8) is 0 Å². The molecule has 1 aliphatic heterocycles. The summed E-state index contributed by atoms with van der Waals surface area (Å²) in [7, 11) is 3.21. The molecule has 1 saturated heterocycles. The topological polar surface area (TPSA) is 93.7 Å². The minimum Gasteiger partial charge on any atom is -0.493 e. The highest BCUT2D eigenvalue weighted by atomic mass is 16.5. The van der Waals surface area contributed by atoms with Crippen molar-refractivity contribution >= 4 is 29.2 Å². The lowest BCUT2D eigenvalue weighted by molar-refractivity contribution is 0.122. The summed E-state index contributed by atoms with van der Waals surface area (Å²) in [6, 6.07) is 13.6. The highest BCUT2D eigenvalue weighted by Gasteiger charge is 2.17. The monoisotopic (exact) mass is 422 g/mol. The number of ether oxygens (including phenoxy) is 3. The van der Waals surface area contributed by atoms with E-state index in [1.165, 1.54) is 0 Å². The van der Waals surface area contributed by atoms with E-state index in [2.05, 4.69) is 30.5 Å². The maximum atomic E-state index is 5.46. The van der Waals surface area contributed by atoms with Crippen molar-refractivity contribution in [2.45, 2.75) is 6.92 Å². The van der Waals surface area contributed by atoms with Crippen molar-refractivity contribution in [3.8, 4) is 11.5 Å². The molecule has 2 aromatic carbocycles. The van der Waals surface area contributed by atoms with E-state index in [4.69, 9.17) is 14.2 Å². The van der Waals surface area contributed by atoms with E-state index in [1.54, 1.807) is 14.2 Å². The zero-order valence-corrected chi connectivity index (χ0v) is 17.9. The minimum atomic E-state index is 0.430. The van der Waals surface area contributed by atoms with E-state index >= 15 is 0 Å². The van der Waals surface area contributed by atoms with Crippen LogP contribution in [-0.4, -0.2) is 55.5 Å². The molecule has 9 heteroatoms. The first-order valence-corrected chi connectivity index (χ1v) is 10.1. The Kier molecular flexibility index (Phi) is 6.32. The van der Waals surface area contributed by atoms with Crippen LogP contribution >= 0.6 is 0 Å². The first kappa shape index (κ1) is 20.7. The molecule has 4 rings (SSSR count). The molecule has 9 nitrogen and oxygen atoms in total. The molecule has 1 aromatic heterocycles. The molecule has 0 unspecified atom stereocenters. The van der Waals surface area contributed by atoms with Crippen LogP contribution in [0.3, 0.4) is 0 Å². The number of nitrogens with zero attached hydrogens (tertiary/aromatic N) is 4. The van der Waals surface area contributed by atoms with Gasteiger partial charge in [-0.25, -0.2) is 0 Å². The van der Waals surface area contributed by atoms with Gasteiger partial charge in [-0.3, -0.25) is 0 Å². The number of rotatable bonds is 7. The SMILES string of the molecule is COc1ccc(Nc2nc(Nc3cccc(C)c3)nc(N3CCOCC3)n2)cc1OC. The Morgan fingerprint density at radius 2 is 1.52 bits per heavy atom. The van der Waals surface area contributed by atoms with Crippen LogP contribution in [0.2, 0.25) is 0 Å². The van der Waals surface area contributed by atoms with Crippen molar-refractivity contribution in [2.24, 2.45) is 0 Å². The molecule has 2 heterocycles. The number of aryl methyl sites for hydroxylation is 1. The molecular formula is C22H26N6O3. The molecule has 0 saturated carbocycles. The first-order valence-electron chi connectivity index (χ1n) is 10.1. The molecule has 2 N–H and O–H groups in total. The quantitative estimate of drug-likeness (QED) is 0.593. The Labute approximate surface area is 181 Å². The van der Waals surface area contributed by atoms with Crippen LogP contribution in [-0.2, 0) is 4.74 Å². The molecule has 0 atom stereocenters. The number of nitrogens with one attached hydrogen (secondary N) is 2. The number of hydrogen-bond donors (Lipinski definition) is 2. The van der Waals surface area contributed by atoms with Gasteiger partial charge in [0.15, 0.2) is 11.5 Å². The summed E-state index contributed by atoms with van der Waals surface area (Å²) in [5.74, 6) is 2.76. The fraction of sp³-hybridized carbons (Fsp3) is 0.318. The maximum Gasteiger partial charge on any atom is 0.233 e. The van der Waals surface area contributed by atoms with Crippen LogP contribution in [0.25, 0.3) is 0 Å². The first-order chi connectivity index (χ1) is 15.1. The van der Waals surface area contributed by atoms with E-state index < -0.39 is 0 Å². The summed E-state index contributed by atoms with van der Waals surface area (Å²) >= 11 is 0. The van der Waals surface area contributed by atoms with Gasteiger partial charge in [-0.2, -0.15) is 15.0 Å². The third-order valence-electron chi connectivity index (χ3n) is 4.83. The Hall–Kier alpha value is -3.59. The Bertz CT molecular complexity index is 1040. The van der Waals surface area contributed by atoms with Gasteiger partial charge in [0.25, 0.3) is 0 Å². The second kappa shape index (κ2) is 9.48. The van der Waals surface area contributed by atoms with Crippen molar-refractivity contribution in [2.75, 3.05) is 56.1 Å². The number of aromatic nitrogens is 3. The van der Waals surface area contributed by atoms with Crippen molar-refractivity contribution in [1.82, 2.24) is 15.0 Å². The number of methoxy groups -OCH3 is 2. The number of morpholine rings is 1. The summed E-state index contributed by atoms with van der Waals surface area (Å²) in [5, 5.41) is 6.54. The second-order valence-electron chi connectivity index (χ2n) is 7.07. The molecule has 0 aliphatic carbocycles. The van der Waals surface area contributed by atoms with Crippen LogP contribution in [0.5, 0.6) is 11.5 Å². The van der Waals surface area contributed by atoms with E-state index in [0.717, 1.165) is 30.0 Å². The van der Waals surface area contributed by atoms with Crippen LogP contribution in [0.15, 0.2) is 42.5 Å². The molecule has 1 fully saturated rings. The second-order valence-corrected chi connectivity index (χ2v) is 7.07. The summed E-state index contributed by atoms with van der Waals surface area (Å²) in [6.45, 7) is 4.78. The molecule has 3 aromatic rings. The summed E-state index contributed by atoms with van der Waals surface area (Å²) in [4.78, 5) is 15.9. The Morgan fingerprint density at radius 1 is 0.839 bits per heavy atom. The molecule has 0 radical (unpaired) electrons. The summed E-state index contributed by atoms with van der Waals surface area (Å²) < 4.78 is 16.2. The fourth-order valence-corrected chi connectivity index (χ4v) is 3.28. The Balaban J connectivity index is 1.65. The van der Waals surface area contributed by atoms with Gasteiger partial charge in [0.2, 0.25) is 17.8 Å². The van der Waals surface area contributed by atoms with Crippen LogP contribution in [0.4, 0.5) is 29.2 Å². The van der Waals surface area contributed by atoms with Crippen LogP contribution in [0.1, 0.15) is 5.56 Å². The van der Waals surface area contributed by atoms with Gasteiger partial charge in [-0.1, -0.05) is 12.1 Å². The van der Waals surface area contributed by atoms with Gasteiger partial charge in [-0.15, -0.1) is 0 Å². The largest absolute Gasteiger partial charge is 0.493 e. The predicted octanol–water partition coefficient (Wildman–Crippen LogP) is 3.52. The zero-order chi connectivity index (χ0) is 21.6. The van der Waals surface area contributed by atoms with Gasteiger partial charge in [-0.05, 0) is 36.8 Å². The molecule has 31 heavy (non-hydrogen) atoms. The number of anilines is 5. The Morgan fingerprint density at radius 3 is 2.16 bits per heavy atom. The van der Waals surface area contributed by atoms with E-state index in [0.29, 0.717) is 42.6 Å². The lowest BCUT2D eigenvalue weighted by atomic mass is 10.2. The molecular weight excluding hydrogens is 396 g/mol. The number of hydrogen-bond acceptors (Lipinski definition) is 9. The minimum absolute atomic E-state index is 0.430. The summed E-state index contributed by atoms with van der Waals surface area (Å²) in [6.07, 6.45) is 0. The van der Waals surface area contributed by atoms with Crippen molar-refractivity contribution < 1.29 is 14.2 Å². The normalized spacial score (nSPS) is 13.6. The fourth-order valence-electron chi connectivity index (χ4n) is 3.28. The molecule has 0 spiro atoms. The third-order valence-corrected chi connectivity index (χ3v) is 4.83. The highest BCUT2D eigenvalue weighted by Crippen LogP contribution is 2.31. The molecule has 0 amide bonds. The molecule has 162 valence electrons. The van der Waals surface area contributed by atoms with Gasteiger partial charge in [0.1, 0.15) is 0 Å². The molecule has 0 bridgehead atoms. The van der Waals surface area contributed by atoms with Gasteiger partial charge in [0, 0.05) is 30.5 Å². The molecule has 1 aliphatic rings. The standard InChI is InChI=1S/C22H26N6O3/c1-15-5-4-6-16(13-15)23-20-25-21(27-22(26-20)28-9-11-31-12-10-28)24-17-7-8-18(29-2)19(14-17)30-3/h4-8,13-14H,9-12H2,1-3H3,(H2,23,24,25,26,27). The number of benzene rings is 2. The van der Waals surface area contributed by atoms with E-state index in [9.17, 15) is 0 Å². The lowest BCUT2D eigenvalue weighted by Crippen LogP contribution is -2.37. The van der Waals surface area contributed by atoms with E-state index in [1.807, 2.05) is 49.4 Å². The average Bonchev–Trinajstić information content (AvgIpc) is 2.79. The van der Waals surface area contributed by atoms with Gasteiger partial charge >= 0.3 is 0 Å². The predicted molar refractivity (Wildman–Crippen MR) is 120 cm³/mol. The van der Waals surface area contributed by atoms with E-state index in [-0.39, 0.29) is 0 Å². The average molecular weight is 422 g/mol. The van der Waals surface area contributed by atoms with Gasteiger partial charge in [0.05, 0.1) is 27.4 Å². The summed E-state index contributed by atoms with van der Waals surface area (Å²) in [5.41, 5.74) is 2.84. The zero-order valence-electron chi connectivity index (χ0n) is 17.9. The van der Waals surface area contributed by atoms with Gasteiger partial charge < -0.3 is 29.7 Å². The smallest absolute Gasteiger partial charge is 0.233 e. The van der Waals surface area contributed by atoms with Crippen molar-refractivity contribution in [3.05, 3.63) is 48.0 Å². The maximum absolute atomic E-state index is 5.46. The lowest BCUT2D eigenvalue weighted by Gasteiger charge is -2.27.